The molecule has 0 spiro atoms. The van der Waals surface area contributed by atoms with Crippen molar-refractivity contribution in [1.29, 1.82) is 0 Å². The van der Waals surface area contributed by atoms with Crippen molar-refractivity contribution in [2.45, 2.75) is 29.7 Å². The van der Waals surface area contributed by atoms with E-state index in [0.717, 1.165) is 31.6 Å². The molecule has 0 saturated heterocycles. The van der Waals surface area contributed by atoms with Crippen molar-refractivity contribution in [2.75, 3.05) is 0 Å². The summed E-state index contributed by atoms with van der Waals surface area (Å²) in [7, 11) is 0. The summed E-state index contributed by atoms with van der Waals surface area (Å²) in [4.78, 5) is 9.45. The van der Waals surface area contributed by atoms with Gasteiger partial charge in [-0.25, -0.2) is 4.79 Å². The fourth-order valence-corrected chi connectivity index (χ4v) is 0. The van der Waals surface area contributed by atoms with E-state index < -0.39 is 12.1 Å². The SMILES string of the molecule is CC(O)C(=O)O.CC(O)[CH2][Na]. The van der Waals surface area contributed by atoms with E-state index in [-0.39, 0.29) is 6.10 Å². The van der Waals surface area contributed by atoms with Gasteiger partial charge in [0.05, 0.1) is 0 Å². The maximum atomic E-state index is 9.45. The topological polar surface area (TPSA) is 77.8 Å². The Hall–Kier alpha value is 0.390. The molecule has 0 aromatic heterocycles. The molecule has 2 unspecified atom stereocenters. The fourth-order valence-electron chi connectivity index (χ4n) is 0. The molecule has 0 rings (SSSR count). The molecule has 0 aliphatic heterocycles. The molecular weight excluding hydrogens is 159 g/mol. The van der Waals surface area contributed by atoms with Crippen LogP contribution in [0.2, 0.25) is 3.67 Å². The first kappa shape index (κ1) is 13.9. The summed E-state index contributed by atoms with van der Waals surface area (Å²) in [5.74, 6) is -1.19. The Morgan fingerprint density at radius 3 is 1.64 bits per heavy atom. The molecule has 2 atom stereocenters. The summed E-state index contributed by atoms with van der Waals surface area (Å²) in [6.45, 7) is 3.01. The van der Waals surface area contributed by atoms with E-state index in [0.29, 0.717) is 0 Å². The molecule has 0 bridgehead atoms. The van der Waals surface area contributed by atoms with Crippen molar-refractivity contribution in [2.24, 2.45) is 0 Å². The number of aliphatic carboxylic acids is 1. The van der Waals surface area contributed by atoms with Crippen LogP contribution in [0.3, 0.4) is 0 Å². The third-order valence-electron chi connectivity index (χ3n) is 0.948. The van der Waals surface area contributed by atoms with Gasteiger partial charge in [-0.3, -0.25) is 0 Å². The van der Waals surface area contributed by atoms with E-state index in [4.69, 9.17) is 15.3 Å². The molecule has 62 valence electrons. The summed E-state index contributed by atoms with van der Waals surface area (Å²) in [6, 6.07) is 0. The Kier molecular flexibility index (Phi) is 10.8. The van der Waals surface area contributed by atoms with Gasteiger partial charge in [-0.2, -0.15) is 0 Å². The van der Waals surface area contributed by atoms with Crippen LogP contribution in [0.15, 0.2) is 0 Å². The molecule has 0 aromatic rings. The molecule has 5 heteroatoms. The van der Waals surface area contributed by atoms with E-state index in [1.165, 1.54) is 6.92 Å². The van der Waals surface area contributed by atoms with Crippen LogP contribution in [-0.4, -0.2) is 61.4 Å². The van der Waals surface area contributed by atoms with Crippen LogP contribution in [0, 0.1) is 0 Å². The number of carboxylic acids is 1. The van der Waals surface area contributed by atoms with Crippen molar-refractivity contribution in [1.82, 2.24) is 0 Å². The van der Waals surface area contributed by atoms with Gasteiger partial charge in [0.15, 0.2) is 0 Å². The van der Waals surface area contributed by atoms with Crippen LogP contribution in [0.1, 0.15) is 13.8 Å². The normalized spacial score (nSPS) is 14.4. The van der Waals surface area contributed by atoms with Crippen molar-refractivity contribution < 1.29 is 20.1 Å². The number of aliphatic hydroxyl groups is 2. The third kappa shape index (κ3) is 17.9. The van der Waals surface area contributed by atoms with Crippen LogP contribution in [-0.2, 0) is 4.79 Å². The van der Waals surface area contributed by atoms with E-state index in [9.17, 15) is 4.79 Å². The molecule has 0 radical (unpaired) electrons. The second-order valence-electron chi connectivity index (χ2n) is 2.27. The van der Waals surface area contributed by atoms with Crippen LogP contribution in [0.25, 0.3) is 0 Å². The molecular formula is C6H13NaO4. The van der Waals surface area contributed by atoms with E-state index in [1.54, 1.807) is 0 Å². The molecule has 0 amide bonds. The van der Waals surface area contributed by atoms with Crippen LogP contribution in [0.5, 0.6) is 0 Å². The third-order valence-corrected chi connectivity index (χ3v) is 2.13. The van der Waals surface area contributed by atoms with Gasteiger partial charge in [-0.05, 0) is 6.92 Å². The van der Waals surface area contributed by atoms with Crippen LogP contribution in [0.4, 0.5) is 0 Å². The Morgan fingerprint density at radius 1 is 1.45 bits per heavy atom. The van der Waals surface area contributed by atoms with Crippen molar-refractivity contribution >= 4 is 33.9 Å². The number of aliphatic hydroxyl groups excluding tert-OH is 2. The second-order valence-corrected chi connectivity index (χ2v) is 3.09. The summed E-state index contributed by atoms with van der Waals surface area (Å²) in [5.41, 5.74) is 0. The summed E-state index contributed by atoms with van der Waals surface area (Å²) in [5, 5.41) is 24.2. The van der Waals surface area contributed by atoms with Gasteiger partial charge in [-0.1, -0.05) is 0 Å². The van der Waals surface area contributed by atoms with Gasteiger partial charge in [0.1, 0.15) is 6.10 Å². The molecule has 11 heavy (non-hydrogen) atoms. The Morgan fingerprint density at radius 2 is 1.64 bits per heavy atom. The van der Waals surface area contributed by atoms with Gasteiger partial charge < -0.3 is 10.2 Å². The van der Waals surface area contributed by atoms with Crippen molar-refractivity contribution in [3.63, 3.8) is 0 Å². The summed E-state index contributed by atoms with van der Waals surface area (Å²) >= 11 is 1.12. The molecule has 3 N–H and O–H groups in total. The average molecular weight is 172 g/mol. The molecule has 0 saturated carbocycles. The predicted molar refractivity (Wildman–Crippen MR) is 41.6 cm³/mol. The van der Waals surface area contributed by atoms with Gasteiger partial charge in [-0.15, -0.1) is 0 Å². The van der Waals surface area contributed by atoms with Gasteiger partial charge in [0.25, 0.3) is 0 Å². The predicted octanol–water partition coefficient (Wildman–Crippen LogP) is -0.594. The summed E-state index contributed by atoms with van der Waals surface area (Å²) in [6.07, 6.45) is -1.29. The fraction of sp³-hybridized carbons (Fsp3) is 0.833. The standard InChI is InChI=1S/C3H6O3.C3H7O.Na/c1-2(4)3(5)6;1-3(2)4;/h2,4H,1H3,(H,5,6);3-4H,1H2,2H3;. The first-order chi connectivity index (χ1) is 4.91. The number of carboxylic acid groups (broad SMARTS) is 1. The maximum absolute atomic E-state index is 9.45. The minimum absolute atomic E-state index is 0.0540. The zero-order chi connectivity index (χ0) is 9.44. The number of hydrogen-bond donors (Lipinski definition) is 3. The second kappa shape index (κ2) is 8.49. The molecule has 0 fully saturated rings. The minimum atomic E-state index is -1.23. The number of carbonyl (C=O) groups is 1. The van der Waals surface area contributed by atoms with Crippen LogP contribution >= 0.6 is 0 Å². The van der Waals surface area contributed by atoms with Crippen LogP contribution < -0.4 is 0 Å². The quantitative estimate of drug-likeness (QED) is 0.486. The molecule has 4 nitrogen and oxygen atoms in total. The van der Waals surface area contributed by atoms with Crippen molar-refractivity contribution in [3.8, 4) is 0 Å². The molecule has 0 aliphatic carbocycles. The number of rotatable bonds is 2. The molecule has 0 aliphatic rings. The average Bonchev–Trinajstić information content (AvgIpc) is 1.89. The Balaban J connectivity index is 0. The van der Waals surface area contributed by atoms with E-state index >= 15 is 0 Å². The van der Waals surface area contributed by atoms with Gasteiger partial charge in [0, 0.05) is 0 Å². The zero-order valence-electron chi connectivity index (χ0n) is 7.11. The Labute approximate surface area is 83.6 Å². The summed E-state index contributed by atoms with van der Waals surface area (Å²) < 4.78 is 1.00. The zero-order valence-corrected chi connectivity index (χ0v) is 9.11. The first-order valence-corrected chi connectivity index (χ1v) is 4.92. The van der Waals surface area contributed by atoms with Gasteiger partial charge >= 0.3 is 55.7 Å². The molecule has 0 heterocycles. The Bertz CT molecular complexity index is 103. The monoisotopic (exact) mass is 172 g/mol. The van der Waals surface area contributed by atoms with E-state index in [1.807, 2.05) is 6.92 Å². The molecule has 0 aromatic carbocycles. The van der Waals surface area contributed by atoms with Crippen molar-refractivity contribution in [3.05, 3.63) is 0 Å². The number of hydrogen-bond acceptors (Lipinski definition) is 3. The van der Waals surface area contributed by atoms with E-state index in [2.05, 4.69) is 0 Å². The first-order valence-electron chi connectivity index (χ1n) is 3.50. The van der Waals surface area contributed by atoms with Gasteiger partial charge in [0.2, 0.25) is 0 Å².